The molecule has 4 rings (SSSR count). The number of nitrogens with zero attached hydrogens (tertiary/aromatic N) is 2. The third-order valence-corrected chi connectivity index (χ3v) is 6.59. The van der Waals surface area contributed by atoms with E-state index in [0.29, 0.717) is 12.1 Å². The molecule has 0 spiro atoms. The molecule has 0 radical (unpaired) electrons. The highest BCUT2D eigenvalue weighted by molar-refractivity contribution is 6.01. The van der Waals surface area contributed by atoms with Crippen molar-refractivity contribution in [3.05, 3.63) is 83.0 Å². The monoisotopic (exact) mass is 385 g/mol. The van der Waals surface area contributed by atoms with E-state index in [1.807, 2.05) is 0 Å². The summed E-state index contributed by atoms with van der Waals surface area (Å²) in [5.74, 6) is 0. The summed E-state index contributed by atoms with van der Waals surface area (Å²) in [6.07, 6.45) is 7.97. The number of allylic oxidation sites excluding steroid dienone is 3. The second kappa shape index (κ2) is 8.02. The second-order valence-corrected chi connectivity index (χ2v) is 8.76. The molecule has 2 heterocycles. The maximum Gasteiger partial charge on any atom is 0.209 e. The van der Waals surface area contributed by atoms with Crippen molar-refractivity contribution in [1.29, 1.82) is 0 Å². The molecule has 2 aromatic rings. The number of hydrogen-bond acceptors (Lipinski definition) is 1. The third kappa shape index (κ3) is 3.69. The Morgan fingerprint density at radius 2 is 1.76 bits per heavy atom. The van der Waals surface area contributed by atoms with Crippen molar-refractivity contribution >= 4 is 17.1 Å². The quantitative estimate of drug-likeness (QED) is 0.446. The zero-order valence-electron chi connectivity index (χ0n) is 18.4. The van der Waals surface area contributed by atoms with Gasteiger partial charge in [-0.2, -0.15) is 4.58 Å². The van der Waals surface area contributed by atoms with Crippen molar-refractivity contribution in [3.63, 3.8) is 0 Å². The van der Waals surface area contributed by atoms with Crippen LogP contribution in [0.3, 0.4) is 0 Å². The number of anilines is 1. The molecule has 0 N–H and O–H groups in total. The van der Waals surface area contributed by atoms with Crippen LogP contribution in [-0.4, -0.2) is 29.4 Å². The van der Waals surface area contributed by atoms with E-state index in [9.17, 15) is 0 Å². The average molecular weight is 386 g/mol. The van der Waals surface area contributed by atoms with Gasteiger partial charge in [-0.05, 0) is 57.7 Å². The van der Waals surface area contributed by atoms with Gasteiger partial charge in [0.15, 0.2) is 11.8 Å². The van der Waals surface area contributed by atoms with Crippen molar-refractivity contribution in [2.45, 2.75) is 59.0 Å². The molecule has 2 nitrogen and oxygen atoms in total. The van der Waals surface area contributed by atoms with E-state index in [4.69, 9.17) is 0 Å². The largest absolute Gasteiger partial charge is 0.371 e. The van der Waals surface area contributed by atoms with E-state index < -0.39 is 0 Å². The van der Waals surface area contributed by atoms with E-state index >= 15 is 0 Å². The lowest BCUT2D eigenvalue weighted by molar-refractivity contribution is -0.472. The minimum absolute atomic E-state index is 0.464. The summed E-state index contributed by atoms with van der Waals surface area (Å²) in [5, 5.41) is 0. The minimum Gasteiger partial charge on any atom is -0.371 e. The van der Waals surface area contributed by atoms with Gasteiger partial charge >= 0.3 is 0 Å². The summed E-state index contributed by atoms with van der Waals surface area (Å²) in [7, 11) is 2.23. The van der Waals surface area contributed by atoms with Gasteiger partial charge in [-0.1, -0.05) is 48.6 Å². The standard InChI is InChI=1S/C27H33N2/c1-19(2)29-26-16-9-7-13-23(26)18-27(29)21(4)20(3)11-10-14-24-17-22-12-6-8-15-25(22)28(24)5/h6-13,15-16,19,24H,14,17-18H2,1-5H3/q+1/b11-10?,21-20-. The van der Waals surface area contributed by atoms with Gasteiger partial charge in [-0.3, -0.25) is 0 Å². The molecule has 2 aliphatic rings. The van der Waals surface area contributed by atoms with Crippen LogP contribution in [-0.2, 0) is 12.8 Å². The highest BCUT2D eigenvalue weighted by Crippen LogP contribution is 2.33. The Kier molecular flexibility index (Phi) is 5.45. The lowest BCUT2D eigenvalue weighted by atomic mass is 10.0. The predicted octanol–water partition coefficient (Wildman–Crippen LogP) is 6.08. The van der Waals surface area contributed by atoms with E-state index in [1.165, 1.54) is 39.4 Å². The molecule has 150 valence electrons. The first-order chi connectivity index (χ1) is 14.0. The smallest absolute Gasteiger partial charge is 0.209 e. The van der Waals surface area contributed by atoms with Crippen LogP contribution in [0.4, 0.5) is 11.4 Å². The summed E-state index contributed by atoms with van der Waals surface area (Å²) in [6, 6.07) is 18.7. The topological polar surface area (TPSA) is 6.25 Å². The molecule has 0 saturated carbocycles. The van der Waals surface area contributed by atoms with Crippen molar-refractivity contribution < 1.29 is 4.58 Å². The molecule has 1 atom stereocenters. The number of likely N-dealkylation sites (N-methyl/N-ethyl adjacent to an activating group) is 1. The normalized spacial score (nSPS) is 19.2. The Morgan fingerprint density at radius 1 is 1.07 bits per heavy atom. The summed E-state index contributed by atoms with van der Waals surface area (Å²) >= 11 is 0. The Balaban J connectivity index is 1.52. The van der Waals surface area contributed by atoms with E-state index in [2.05, 4.69) is 105 Å². The average Bonchev–Trinajstić information content (AvgIpc) is 3.26. The van der Waals surface area contributed by atoms with Crippen LogP contribution in [0.2, 0.25) is 0 Å². The predicted molar refractivity (Wildman–Crippen MR) is 125 cm³/mol. The Hall–Kier alpha value is -2.61. The molecular formula is C27H33N2+. The van der Waals surface area contributed by atoms with Gasteiger partial charge in [0.2, 0.25) is 5.69 Å². The maximum atomic E-state index is 2.52. The molecule has 2 aliphatic heterocycles. The lowest BCUT2D eigenvalue weighted by Crippen LogP contribution is -2.26. The molecule has 1 unspecified atom stereocenters. The van der Waals surface area contributed by atoms with Gasteiger partial charge in [0.1, 0.15) is 0 Å². The van der Waals surface area contributed by atoms with E-state index in [0.717, 1.165) is 19.3 Å². The molecule has 0 amide bonds. The van der Waals surface area contributed by atoms with Crippen molar-refractivity contribution in [1.82, 2.24) is 0 Å². The fourth-order valence-electron chi connectivity index (χ4n) is 4.82. The first kappa shape index (κ1) is 19.7. The number of fused-ring (bicyclic) bond motifs is 2. The van der Waals surface area contributed by atoms with E-state index in [-0.39, 0.29) is 0 Å². The SMILES string of the molecule is C/C(C=CCC1Cc2ccccc2N1C)=C(\C)C1=[N+](C(C)C)c2ccccc2C1. The summed E-state index contributed by atoms with van der Waals surface area (Å²) in [4.78, 5) is 2.44. The van der Waals surface area contributed by atoms with Crippen LogP contribution < -0.4 is 4.90 Å². The summed E-state index contributed by atoms with van der Waals surface area (Å²) < 4.78 is 2.52. The molecule has 2 heteroatoms. The summed E-state index contributed by atoms with van der Waals surface area (Å²) in [6.45, 7) is 9.11. The van der Waals surface area contributed by atoms with Crippen LogP contribution in [0.15, 0.2) is 71.8 Å². The Bertz CT molecular complexity index is 1010. The van der Waals surface area contributed by atoms with Crippen LogP contribution in [0.25, 0.3) is 0 Å². The van der Waals surface area contributed by atoms with Gasteiger partial charge in [0.25, 0.3) is 0 Å². The molecular weight excluding hydrogens is 352 g/mol. The number of hydrogen-bond donors (Lipinski definition) is 0. The van der Waals surface area contributed by atoms with Crippen molar-refractivity contribution in [2.24, 2.45) is 0 Å². The molecule has 0 bridgehead atoms. The minimum atomic E-state index is 0.464. The van der Waals surface area contributed by atoms with Crippen molar-refractivity contribution in [3.8, 4) is 0 Å². The van der Waals surface area contributed by atoms with Crippen LogP contribution in [0.1, 0.15) is 45.2 Å². The molecule has 0 aromatic heterocycles. The van der Waals surface area contributed by atoms with Crippen molar-refractivity contribution in [2.75, 3.05) is 11.9 Å². The maximum absolute atomic E-state index is 2.52. The molecule has 0 aliphatic carbocycles. The fraction of sp³-hybridized carbons (Fsp3) is 0.370. The van der Waals surface area contributed by atoms with Gasteiger partial charge in [0, 0.05) is 36.0 Å². The van der Waals surface area contributed by atoms with Crippen LogP contribution >= 0.6 is 0 Å². The second-order valence-electron chi connectivity index (χ2n) is 8.76. The van der Waals surface area contributed by atoms with Crippen LogP contribution in [0.5, 0.6) is 0 Å². The highest BCUT2D eigenvalue weighted by atomic mass is 15.2. The van der Waals surface area contributed by atoms with Gasteiger partial charge in [-0.15, -0.1) is 0 Å². The van der Waals surface area contributed by atoms with E-state index in [1.54, 1.807) is 0 Å². The molecule has 0 saturated heterocycles. The summed E-state index contributed by atoms with van der Waals surface area (Å²) in [5.41, 5.74) is 9.92. The number of benzene rings is 2. The first-order valence-corrected chi connectivity index (χ1v) is 10.9. The molecule has 2 aromatic carbocycles. The fourth-order valence-corrected chi connectivity index (χ4v) is 4.82. The third-order valence-electron chi connectivity index (χ3n) is 6.59. The van der Waals surface area contributed by atoms with Gasteiger partial charge < -0.3 is 4.90 Å². The lowest BCUT2D eigenvalue weighted by Gasteiger charge is -2.21. The van der Waals surface area contributed by atoms with Crippen LogP contribution in [0, 0.1) is 0 Å². The van der Waals surface area contributed by atoms with Gasteiger partial charge in [0.05, 0.1) is 6.42 Å². The number of rotatable bonds is 5. The highest BCUT2D eigenvalue weighted by Gasteiger charge is 2.32. The zero-order chi connectivity index (χ0) is 20.5. The van der Waals surface area contributed by atoms with Gasteiger partial charge in [-0.25, -0.2) is 0 Å². The Labute approximate surface area is 175 Å². The molecule has 29 heavy (non-hydrogen) atoms. The Morgan fingerprint density at radius 3 is 2.48 bits per heavy atom. The zero-order valence-corrected chi connectivity index (χ0v) is 18.4. The number of para-hydroxylation sites is 2. The first-order valence-electron chi connectivity index (χ1n) is 10.9. The molecule has 0 fully saturated rings.